The highest BCUT2D eigenvalue weighted by Gasteiger charge is 2.42. The third-order valence-corrected chi connectivity index (χ3v) is 5.81. The first-order chi connectivity index (χ1) is 9.34. The van der Waals surface area contributed by atoms with E-state index in [1.54, 1.807) is 0 Å². The van der Waals surface area contributed by atoms with E-state index in [9.17, 15) is 27.1 Å². The maximum Gasteiger partial charge on any atom is 0.322 e. The van der Waals surface area contributed by atoms with Crippen LogP contribution in [0.3, 0.4) is 0 Å². The molecule has 20 heavy (non-hydrogen) atoms. The Bertz CT molecular complexity index is 621. The van der Waals surface area contributed by atoms with Crippen LogP contribution in [-0.2, 0) is 14.6 Å². The Hall–Kier alpha value is -1.50. The molecule has 0 aliphatic heterocycles. The van der Waals surface area contributed by atoms with Crippen molar-refractivity contribution in [1.29, 1.82) is 0 Å². The average Bonchev–Trinajstić information content (AvgIpc) is 2.80. The van der Waals surface area contributed by atoms with Crippen molar-refractivity contribution in [1.82, 2.24) is 0 Å². The molecular weight excluding hydrogens is 290 g/mol. The van der Waals surface area contributed by atoms with E-state index >= 15 is 0 Å². The van der Waals surface area contributed by atoms with Crippen LogP contribution in [0.5, 0.6) is 0 Å². The van der Waals surface area contributed by atoms with Crippen molar-refractivity contribution in [2.24, 2.45) is 5.92 Å². The van der Waals surface area contributed by atoms with Gasteiger partial charge in [-0.3, -0.25) is 4.79 Å². The van der Waals surface area contributed by atoms with Crippen LogP contribution in [0.2, 0.25) is 0 Å². The number of carboxylic acid groups (broad SMARTS) is 1. The monoisotopic (exact) mass is 304 g/mol. The second-order valence-corrected chi connectivity index (χ2v) is 6.96. The first-order valence-corrected chi connectivity index (χ1v) is 7.80. The summed E-state index contributed by atoms with van der Waals surface area (Å²) >= 11 is 0. The number of halogens is 2. The number of sulfone groups is 1. The lowest BCUT2D eigenvalue weighted by Gasteiger charge is -2.19. The van der Waals surface area contributed by atoms with Crippen LogP contribution in [-0.4, -0.2) is 24.7 Å². The SMILES string of the molecule is O=C(O)C(C1CCCC1)S(=O)(=O)c1ccc(F)cc1F. The highest BCUT2D eigenvalue weighted by molar-refractivity contribution is 7.92. The molecule has 1 N–H and O–H groups in total. The molecule has 1 aliphatic carbocycles. The summed E-state index contributed by atoms with van der Waals surface area (Å²) in [7, 11) is -4.37. The number of benzene rings is 1. The molecule has 7 heteroatoms. The Morgan fingerprint density at radius 2 is 1.85 bits per heavy atom. The van der Waals surface area contributed by atoms with Gasteiger partial charge in [-0.1, -0.05) is 12.8 Å². The molecule has 1 atom stereocenters. The van der Waals surface area contributed by atoms with Crippen LogP contribution in [0.1, 0.15) is 25.7 Å². The average molecular weight is 304 g/mol. The molecule has 0 bridgehead atoms. The van der Waals surface area contributed by atoms with E-state index in [-0.39, 0.29) is 0 Å². The van der Waals surface area contributed by atoms with E-state index in [0.29, 0.717) is 18.9 Å². The molecule has 4 nitrogen and oxygen atoms in total. The predicted octanol–water partition coefficient (Wildman–Crippen LogP) is 2.38. The summed E-state index contributed by atoms with van der Waals surface area (Å²) < 4.78 is 51.2. The van der Waals surface area contributed by atoms with Gasteiger partial charge in [-0.2, -0.15) is 0 Å². The number of hydrogen-bond donors (Lipinski definition) is 1. The Balaban J connectivity index is 2.47. The lowest BCUT2D eigenvalue weighted by atomic mass is 10.0. The van der Waals surface area contributed by atoms with E-state index in [2.05, 4.69) is 0 Å². The van der Waals surface area contributed by atoms with Crippen LogP contribution in [0, 0.1) is 17.6 Å². The molecule has 1 unspecified atom stereocenters. The number of carbonyl (C=O) groups is 1. The van der Waals surface area contributed by atoms with Gasteiger partial charge in [0.2, 0.25) is 0 Å². The van der Waals surface area contributed by atoms with Gasteiger partial charge in [-0.25, -0.2) is 17.2 Å². The molecule has 0 spiro atoms. The summed E-state index contributed by atoms with van der Waals surface area (Å²) in [6.45, 7) is 0. The third-order valence-electron chi connectivity index (χ3n) is 3.61. The van der Waals surface area contributed by atoms with Crippen LogP contribution >= 0.6 is 0 Å². The van der Waals surface area contributed by atoms with Gasteiger partial charge in [0.1, 0.15) is 16.5 Å². The molecule has 0 heterocycles. The molecule has 0 saturated heterocycles. The second-order valence-electron chi connectivity index (χ2n) is 4.92. The number of rotatable bonds is 4. The molecule has 1 saturated carbocycles. The predicted molar refractivity (Wildman–Crippen MR) is 66.9 cm³/mol. The Morgan fingerprint density at radius 3 is 2.35 bits per heavy atom. The standard InChI is InChI=1S/C13H14F2O4S/c14-9-5-6-11(10(15)7-9)20(18,19)12(13(16)17)8-3-1-2-4-8/h5-8,12H,1-4H2,(H,16,17). The largest absolute Gasteiger partial charge is 0.480 e. The van der Waals surface area contributed by atoms with Gasteiger partial charge < -0.3 is 5.11 Å². The van der Waals surface area contributed by atoms with Crippen molar-refractivity contribution < 1.29 is 27.1 Å². The molecule has 1 aromatic carbocycles. The second kappa shape index (κ2) is 5.47. The van der Waals surface area contributed by atoms with Gasteiger partial charge in [0, 0.05) is 6.07 Å². The molecule has 1 aliphatic rings. The van der Waals surface area contributed by atoms with Gasteiger partial charge >= 0.3 is 5.97 Å². The summed E-state index contributed by atoms with van der Waals surface area (Å²) in [4.78, 5) is 10.6. The van der Waals surface area contributed by atoms with Crippen molar-refractivity contribution >= 4 is 15.8 Å². The fourth-order valence-corrected chi connectivity index (χ4v) is 4.60. The highest BCUT2D eigenvalue weighted by Crippen LogP contribution is 2.34. The van der Waals surface area contributed by atoms with Gasteiger partial charge in [-0.15, -0.1) is 0 Å². The summed E-state index contributed by atoms with van der Waals surface area (Å²) in [5, 5.41) is 7.52. The smallest absolute Gasteiger partial charge is 0.322 e. The maximum atomic E-state index is 13.6. The first-order valence-electron chi connectivity index (χ1n) is 6.26. The zero-order valence-corrected chi connectivity index (χ0v) is 11.4. The van der Waals surface area contributed by atoms with Crippen LogP contribution in [0.15, 0.2) is 23.1 Å². The Labute approximate surface area is 115 Å². The molecule has 0 aromatic heterocycles. The normalized spacial score (nSPS) is 18.1. The molecule has 1 fully saturated rings. The molecule has 1 aromatic rings. The topological polar surface area (TPSA) is 71.4 Å². The van der Waals surface area contributed by atoms with Crippen molar-refractivity contribution in [2.75, 3.05) is 0 Å². The number of hydrogen-bond acceptors (Lipinski definition) is 3. The van der Waals surface area contributed by atoms with Crippen molar-refractivity contribution in [3.05, 3.63) is 29.8 Å². The fraction of sp³-hybridized carbons (Fsp3) is 0.462. The first kappa shape index (κ1) is 14.9. The van der Waals surface area contributed by atoms with Crippen molar-refractivity contribution in [2.45, 2.75) is 35.8 Å². The fourth-order valence-electron chi connectivity index (χ4n) is 2.69. The summed E-state index contributed by atoms with van der Waals surface area (Å²) in [6, 6.07) is 2.04. The van der Waals surface area contributed by atoms with Gasteiger partial charge in [-0.05, 0) is 30.9 Å². The van der Waals surface area contributed by atoms with Gasteiger partial charge in [0.15, 0.2) is 15.1 Å². The zero-order valence-electron chi connectivity index (χ0n) is 10.6. The molecule has 0 amide bonds. The molecule has 0 radical (unpaired) electrons. The van der Waals surface area contributed by atoms with E-state index in [4.69, 9.17) is 0 Å². The highest BCUT2D eigenvalue weighted by atomic mass is 32.2. The number of aliphatic carboxylic acids is 1. The lowest BCUT2D eigenvalue weighted by Crippen LogP contribution is -2.36. The Kier molecular flexibility index (Phi) is 4.08. The van der Waals surface area contributed by atoms with E-state index in [1.807, 2.05) is 0 Å². The molecular formula is C13H14F2O4S. The summed E-state index contributed by atoms with van der Waals surface area (Å²) in [6.07, 6.45) is 2.49. The van der Waals surface area contributed by atoms with E-state index < -0.39 is 43.5 Å². The van der Waals surface area contributed by atoms with Crippen molar-refractivity contribution in [3.8, 4) is 0 Å². The molecule has 2 rings (SSSR count). The summed E-state index contributed by atoms with van der Waals surface area (Å²) in [5.41, 5.74) is 0. The van der Waals surface area contributed by atoms with E-state index in [0.717, 1.165) is 25.0 Å². The van der Waals surface area contributed by atoms with Crippen LogP contribution < -0.4 is 0 Å². The number of carboxylic acids is 1. The minimum Gasteiger partial charge on any atom is -0.480 e. The van der Waals surface area contributed by atoms with Crippen LogP contribution in [0.4, 0.5) is 8.78 Å². The van der Waals surface area contributed by atoms with Crippen LogP contribution in [0.25, 0.3) is 0 Å². The quantitative estimate of drug-likeness (QED) is 0.867. The minimum atomic E-state index is -4.37. The Morgan fingerprint density at radius 1 is 1.25 bits per heavy atom. The molecule has 110 valence electrons. The van der Waals surface area contributed by atoms with Crippen molar-refractivity contribution in [3.63, 3.8) is 0 Å². The van der Waals surface area contributed by atoms with E-state index in [1.165, 1.54) is 0 Å². The zero-order chi connectivity index (χ0) is 14.9. The summed E-state index contributed by atoms with van der Waals surface area (Å²) in [5.74, 6) is -4.17. The maximum absolute atomic E-state index is 13.6. The lowest BCUT2D eigenvalue weighted by molar-refractivity contribution is -0.137. The third kappa shape index (κ3) is 2.67. The van der Waals surface area contributed by atoms with Gasteiger partial charge in [0.05, 0.1) is 0 Å². The minimum absolute atomic E-state index is 0.445. The van der Waals surface area contributed by atoms with Gasteiger partial charge in [0.25, 0.3) is 0 Å².